The van der Waals surface area contributed by atoms with E-state index in [4.69, 9.17) is 15.3 Å². The third-order valence-corrected chi connectivity index (χ3v) is 14.8. The lowest BCUT2D eigenvalue weighted by molar-refractivity contribution is 0.238. The largest absolute Gasteiger partial charge is 0.285 e. The quantitative estimate of drug-likeness (QED) is 0.113. The Balaban J connectivity index is 0.729. The zero-order valence-electron chi connectivity index (χ0n) is 38.0. The van der Waals surface area contributed by atoms with Gasteiger partial charge < -0.3 is 0 Å². The van der Waals surface area contributed by atoms with Gasteiger partial charge in [-0.25, -0.2) is 14.0 Å². The van der Waals surface area contributed by atoms with Gasteiger partial charge in [-0.2, -0.15) is 0 Å². The van der Waals surface area contributed by atoms with E-state index < -0.39 is 0 Å². The maximum absolute atomic E-state index is 4.74. The molecule has 12 aromatic carbocycles. The van der Waals surface area contributed by atoms with Crippen molar-refractivity contribution in [1.29, 1.82) is 0 Å². The van der Waals surface area contributed by atoms with Crippen LogP contribution in [0.4, 0.5) is 0 Å². The number of aromatic nitrogens is 9. The Labute approximate surface area is 400 Å². The molecule has 0 fully saturated rings. The van der Waals surface area contributed by atoms with Crippen molar-refractivity contribution in [2.45, 2.75) is 39.3 Å². The van der Waals surface area contributed by atoms with Crippen molar-refractivity contribution in [3.63, 3.8) is 0 Å². The number of benzene rings is 12. The molecule has 0 amide bonds. The van der Waals surface area contributed by atoms with Crippen molar-refractivity contribution in [2.75, 3.05) is 0 Å². The van der Waals surface area contributed by atoms with E-state index in [9.17, 15) is 0 Å². The Bertz CT molecular complexity index is 3970. The average Bonchev–Trinajstić information content (AvgIpc) is 4.17. The van der Waals surface area contributed by atoms with Crippen LogP contribution in [0.2, 0.25) is 0 Å². The molecule has 0 bridgehead atoms. The minimum absolute atomic E-state index is 0.530. The minimum Gasteiger partial charge on any atom is -0.285 e. The lowest BCUT2D eigenvalue weighted by Crippen LogP contribution is -2.23. The van der Waals surface area contributed by atoms with Crippen LogP contribution in [0, 0.1) is 0 Å². The van der Waals surface area contributed by atoms with Gasteiger partial charge in [-0.3, -0.25) is 4.90 Å². The maximum atomic E-state index is 4.74. The highest BCUT2D eigenvalue weighted by Gasteiger charge is 2.19. The van der Waals surface area contributed by atoms with Crippen LogP contribution in [0.5, 0.6) is 0 Å². The van der Waals surface area contributed by atoms with E-state index in [1.54, 1.807) is 0 Å². The predicted octanol–water partition coefficient (Wildman–Crippen LogP) is 12.5. The van der Waals surface area contributed by atoms with E-state index in [-0.39, 0.29) is 0 Å². The third kappa shape index (κ3) is 6.37. The van der Waals surface area contributed by atoms with Crippen LogP contribution in [0.25, 0.3) is 97.0 Å². The Kier molecular flexibility index (Phi) is 8.58. The molecular weight excluding hydrogens is 861 g/mol. The summed E-state index contributed by atoms with van der Waals surface area (Å²) >= 11 is 0. The van der Waals surface area contributed by atoms with Crippen molar-refractivity contribution < 1.29 is 0 Å². The van der Waals surface area contributed by atoms with E-state index in [2.05, 4.69) is 203 Å². The Morgan fingerprint density at radius 1 is 0.286 bits per heavy atom. The smallest absolute Gasteiger partial charge is 0.0967 e. The van der Waals surface area contributed by atoms with E-state index in [0.29, 0.717) is 39.3 Å². The van der Waals surface area contributed by atoms with Crippen molar-refractivity contribution in [3.05, 3.63) is 216 Å². The van der Waals surface area contributed by atoms with E-state index in [1.165, 1.54) is 114 Å². The molecule has 0 unspecified atom stereocenters. The van der Waals surface area contributed by atoms with E-state index in [1.807, 2.05) is 14.0 Å². The zero-order chi connectivity index (χ0) is 45.9. The molecule has 15 aromatic rings. The molecule has 0 aliphatic heterocycles. The first-order chi connectivity index (χ1) is 34.6. The van der Waals surface area contributed by atoms with Gasteiger partial charge in [0.25, 0.3) is 0 Å². The van der Waals surface area contributed by atoms with Crippen LogP contribution < -0.4 is 0 Å². The SMILES string of the molecule is c1cc2ccc3ccc(Cn4cc(CN(Cc5cn(Cc6ccc7ccc8cccc9ccc6c7c89)nn5)Cc5cn(Cc6ccc7ccc8cccc9ccc6c7c89)nn5)nn4)c4ccc(c1)c2c34. The van der Waals surface area contributed by atoms with Crippen molar-refractivity contribution >= 4 is 97.0 Å². The average molecular weight is 903 g/mol. The lowest BCUT2D eigenvalue weighted by Gasteiger charge is -2.18. The molecule has 0 spiro atoms. The molecule has 15 rings (SSSR count). The molecule has 0 saturated heterocycles. The summed E-state index contributed by atoms with van der Waals surface area (Å²) in [5, 5.41) is 51.1. The molecule has 10 heteroatoms. The van der Waals surface area contributed by atoms with Gasteiger partial charge in [0.1, 0.15) is 0 Å². The molecule has 0 atom stereocenters. The Hall–Kier alpha value is -8.86. The second-order valence-electron chi connectivity index (χ2n) is 19.1. The fourth-order valence-corrected chi connectivity index (χ4v) is 11.6. The maximum Gasteiger partial charge on any atom is 0.0967 e. The van der Waals surface area contributed by atoms with Gasteiger partial charge in [0, 0.05) is 19.6 Å². The van der Waals surface area contributed by atoms with Gasteiger partial charge in [-0.15, -0.1) is 15.3 Å². The molecule has 0 radical (unpaired) electrons. The predicted molar refractivity (Wildman–Crippen MR) is 281 cm³/mol. The molecule has 3 aromatic heterocycles. The van der Waals surface area contributed by atoms with Crippen LogP contribution >= 0.6 is 0 Å². The van der Waals surface area contributed by atoms with Crippen LogP contribution in [0.15, 0.2) is 182 Å². The first-order valence-corrected chi connectivity index (χ1v) is 24.0. The number of nitrogens with zero attached hydrogens (tertiary/aromatic N) is 10. The van der Waals surface area contributed by atoms with Crippen molar-refractivity contribution in [2.24, 2.45) is 0 Å². The summed E-state index contributed by atoms with van der Waals surface area (Å²) in [6.45, 7) is 3.41. The normalized spacial score (nSPS) is 12.5. The minimum atomic E-state index is 0.530. The number of rotatable bonds is 12. The summed E-state index contributed by atoms with van der Waals surface area (Å²) in [7, 11) is 0. The summed E-state index contributed by atoms with van der Waals surface area (Å²) in [5.74, 6) is 0. The van der Waals surface area contributed by atoms with Crippen LogP contribution in [-0.4, -0.2) is 49.9 Å². The van der Waals surface area contributed by atoms with Gasteiger partial charge in [0.05, 0.1) is 55.3 Å². The van der Waals surface area contributed by atoms with Gasteiger partial charge in [-0.1, -0.05) is 179 Å². The molecule has 332 valence electrons. The lowest BCUT2D eigenvalue weighted by atomic mass is 9.92. The summed E-state index contributed by atoms with van der Waals surface area (Å²) in [6.07, 6.45) is 6.21. The molecular formula is C60H42N10. The highest BCUT2D eigenvalue weighted by molar-refractivity contribution is 6.25. The first kappa shape index (κ1) is 39.2. The first-order valence-electron chi connectivity index (χ1n) is 24.0. The van der Waals surface area contributed by atoms with Gasteiger partial charge in [0.2, 0.25) is 0 Å². The fraction of sp³-hybridized carbons (Fsp3) is 0.100. The molecule has 70 heavy (non-hydrogen) atoms. The highest BCUT2D eigenvalue weighted by atomic mass is 15.4. The van der Waals surface area contributed by atoms with E-state index in [0.717, 1.165) is 17.1 Å². The molecule has 3 heterocycles. The Morgan fingerprint density at radius 2 is 0.543 bits per heavy atom. The molecule has 0 aliphatic rings. The summed E-state index contributed by atoms with van der Waals surface area (Å²) in [6, 6.07) is 59.9. The van der Waals surface area contributed by atoms with Gasteiger partial charge in [0.15, 0.2) is 0 Å². The van der Waals surface area contributed by atoms with Crippen LogP contribution in [0.1, 0.15) is 33.8 Å². The summed E-state index contributed by atoms with van der Waals surface area (Å²) in [4.78, 5) is 2.31. The monoisotopic (exact) mass is 902 g/mol. The summed E-state index contributed by atoms with van der Waals surface area (Å²) in [5.41, 5.74) is 6.21. The molecule has 10 nitrogen and oxygen atoms in total. The second-order valence-corrected chi connectivity index (χ2v) is 19.1. The van der Waals surface area contributed by atoms with Gasteiger partial charge in [-0.05, 0) is 114 Å². The Morgan fingerprint density at radius 3 is 0.843 bits per heavy atom. The van der Waals surface area contributed by atoms with Crippen molar-refractivity contribution in [1.82, 2.24) is 49.9 Å². The topological polar surface area (TPSA) is 95.4 Å². The number of hydrogen-bond acceptors (Lipinski definition) is 7. The molecule has 0 aliphatic carbocycles. The fourth-order valence-electron chi connectivity index (χ4n) is 11.6. The molecule has 0 saturated carbocycles. The second kappa shape index (κ2) is 15.3. The number of hydrogen-bond donors (Lipinski definition) is 0. The zero-order valence-corrected chi connectivity index (χ0v) is 38.0. The van der Waals surface area contributed by atoms with E-state index >= 15 is 0 Å². The molecule has 0 N–H and O–H groups in total. The third-order valence-electron chi connectivity index (χ3n) is 14.8. The summed E-state index contributed by atoms with van der Waals surface area (Å²) < 4.78 is 5.87. The van der Waals surface area contributed by atoms with Crippen LogP contribution in [0.3, 0.4) is 0 Å². The van der Waals surface area contributed by atoms with Gasteiger partial charge >= 0.3 is 0 Å². The van der Waals surface area contributed by atoms with Crippen molar-refractivity contribution in [3.8, 4) is 0 Å². The van der Waals surface area contributed by atoms with Crippen LogP contribution in [-0.2, 0) is 39.3 Å². The highest BCUT2D eigenvalue weighted by Crippen LogP contribution is 2.39. The standard InChI is InChI=1S/C60H42N10/c1-4-37-10-13-43-16-19-46(52-25-22-40(7-1)55(37)58(43)52)28-68-34-49(61-64-68)31-67(32-50-35-69(65-62-50)29-47-20-17-44-14-11-38-5-2-8-41-23-26-53(47)59(44)56(38)41)33-51-36-70(66-63-51)30-48-21-18-45-15-12-39-6-3-9-42-24-27-54(48)60(45)57(39)42/h1-27,34-36H,28-33H2.